The van der Waals surface area contributed by atoms with Crippen molar-refractivity contribution in [3.63, 3.8) is 0 Å². The van der Waals surface area contributed by atoms with Gasteiger partial charge in [0, 0.05) is 78.0 Å². The van der Waals surface area contributed by atoms with Crippen molar-refractivity contribution in [1.82, 2.24) is 20.2 Å². The first-order chi connectivity index (χ1) is 34.4. The van der Waals surface area contributed by atoms with Gasteiger partial charge in [-0.15, -0.1) is 0 Å². The number of aliphatic hydroxyl groups excluding tert-OH is 4. The average Bonchev–Trinajstić information content (AvgIpc) is 4.07. The molecule has 72 heavy (non-hydrogen) atoms. The molecule has 8 fully saturated rings. The molecule has 0 aromatic carbocycles. The van der Waals surface area contributed by atoms with Crippen LogP contribution in [0.15, 0.2) is 57.7 Å². The summed E-state index contributed by atoms with van der Waals surface area (Å²) in [6.45, 7) is 11.9. The lowest BCUT2D eigenvalue weighted by molar-refractivity contribution is -0.200. The molecular formula is C58H86N6O6S2. The molecule has 1 aromatic heterocycles. The van der Waals surface area contributed by atoms with E-state index >= 15 is 4.79 Å². The molecule has 12 nitrogen and oxygen atoms in total. The number of nitrogens with two attached hydrogens (primary N) is 1. The van der Waals surface area contributed by atoms with E-state index in [9.17, 15) is 25.5 Å². The zero-order valence-electron chi connectivity index (χ0n) is 43.9. The van der Waals surface area contributed by atoms with Crippen LogP contribution in [0.5, 0.6) is 0 Å². The summed E-state index contributed by atoms with van der Waals surface area (Å²) in [6.07, 6.45) is 20.4. The van der Waals surface area contributed by atoms with Crippen LogP contribution in [0.1, 0.15) is 137 Å². The highest BCUT2D eigenvalue weighted by molar-refractivity contribution is 8.76. The van der Waals surface area contributed by atoms with Gasteiger partial charge in [0.15, 0.2) is 11.7 Å². The number of aromatic nitrogens is 2. The normalized spacial score (nSPS) is 47.5. The highest BCUT2D eigenvalue weighted by Crippen LogP contribution is 2.78. The summed E-state index contributed by atoms with van der Waals surface area (Å²) >= 11 is 0. The van der Waals surface area contributed by atoms with Crippen LogP contribution in [0.3, 0.4) is 0 Å². The number of fused-ring (bicyclic) bond motifs is 10. The molecular weight excluding hydrogens is 941 g/mol. The predicted molar refractivity (Wildman–Crippen MR) is 285 cm³/mol. The molecule has 7 saturated carbocycles. The molecule has 11 aliphatic rings. The summed E-state index contributed by atoms with van der Waals surface area (Å²) in [5.74, 6) is 0.717. The van der Waals surface area contributed by atoms with E-state index in [-0.39, 0.29) is 77.0 Å². The van der Waals surface area contributed by atoms with Crippen LogP contribution in [0.4, 0.5) is 0 Å². The third-order valence-corrected chi connectivity index (χ3v) is 25.8. The molecule has 20 unspecified atom stereocenters. The largest absolute Gasteiger partial charge is 0.392 e. The van der Waals surface area contributed by atoms with Crippen LogP contribution < -0.4 is 16.4 Å². The Balaban J connectivity index is 1.08. The molecule has 2 heterocycles. The highest BCUT2D eigenvalue weighted by atomic mass is 33.1. The minimum absolute atomic E-state index is 0.0310. The van der Waals surface area contributed by atoms with Crippen molar-refractivity contribution in [2.45, 2.75) is 167 Å². The number of nitrogens with zero attached hydrogens (tertiary/aromatic N) is 3. The number of rotatable bonds is 6. The molecule has 1 aliphatic heterocycles. The summed E-state index contributed by atoms with van der Waals surface area (Å²) < 4.78 is 2.33. The molecule has 20 atom stereocenters. The molecule has 396 valence electrons. The van der Waals surface area contributed by atoms with Crippen LogP contribution in [0.25, 0.3) is 0 Å². The van der Waals surface area contributed by atoms with Crippen LogP contribution in [-0.4, -0.2) is 109 Å². The molecule has 10 aliphatic carbocycles. The summed E-state index contributed by atoms with van der Waals surface area (Å²) in [7, 11) is 5.62. The summed E-state index contributed by atoms with van der Waals surface area (Å²) in [6, 6.07) is 0.179. The van der Waals surface area contributed by atoms with Gasteiger partial charge in [-0.1, -0.05) is 84.4 Å². The topological polar surface area (TPSA) is 198 Å². The second kappa shape index (κ2) is 18.2. The number of aliphatic hydroxyl groups is 5. The Labute approximate surface area is 436 Å². The fraction of sp³-hybridized carbons (Fsp3) is 0.810. The van der Waals surface area contributed by atoms with Crippen LogP contribution in [-0.2, 0) is 4.79 Å². The smallest absolute Gasteiger partial charge is 0.190 e. The Kier molecular flexibility index (Phi) is 12.8. The molecule has 4 bridgehead atoms. The van der Waals surface area contributed by atoms with Crippen molar-refractivity contribution in [3.05, 3.63) is 52.7 Å². The number of hydrogen-bond acceptors (Lipinski definition) is 11. The van der Waals surface area contributed by atoms with Gasteiger partial charge in [-0.3, -0.25) is 9.79 Å². The Morgan fingerprint density at radius 2 is 1.69 bits per heavy atom. The quantitative estimate of drug-likeness (QED) is 0.0458. The molecule has 1 saturated heterocycles. The third-order valence-electron chi connectivity index (χ3n) is 23.2. The minimum Gasteiger partial charge on any atom is -0.392 e. The zero-order chi connectivity index (χ0) is 50.4. The van der Waals surface area contributed by atoms with Crippen molar-refractivity contribution in [3.8, 4) is 0 Å². The van der Waals surface area contributed by atoms with Crippen molar-refractivity contribution in [1.29, 1.82) is 0 Å². The molecule has 1 aromatic rings. The number of imidazole rings is 1. The van der Waals surface area contributed by atoms with Gasteiger partial charge in [0.05, 0.1) is 30.2 Å². The van der Waals surface area contributed by atoms with E-state index in [1.165, 1.54) is 44.9 Å². The van der Waals surface area contributed by atoms with Crippen molar-refractivity contribution in [2.75, 3.05) is 31.6 Å². The fourth-order valence-corrected chi connectivity index (χ4v) is 24.0. The maximum absolute atomic E-state index is 15.3. The lowest BCUT2D eigenvalue weighted by Crippen LogP contribution is -2.70. The second-order valence-corrected chi connectivity index (χ2v) is 29.3. The van der Waals surface area contributed by atoms with Crippen LogP contribution in [0, 0.1) is 92.7 Å². The van der Waals surface area contributed by atoms with E-state index in [1.807, 2.05) is 47.2 Å². The highest BCUT2D eigenvalue weighted by Gasteiger charge is 2.78. The van der Waals surface area contributed by atoms with E-state index in [2.05, 4.69) is 54.1 Å². The number of aliphatic imine (C=N–C) groups is 1. The monoisotopic (exact) mass is 1030 g/mol. The average molecular weight is 1030 g/mol. The Hall–Kier alpha value is -2.17. The van der Waals surface area contributed by atoms with Gasteiger partial charge in [-0.05, 0) is 167 Å². The Morgan fingerprint density at radius 3 is 2.43 bits per heavy atom. The van der Waals surface area contributed by atoms with Crippen molar-refractivity contribution < 1.29 is 30.3 Å². The van der Waals surface area contributed by atoms with Gasteiger partial charge >= 0.3 is 0 Å². The minimum atomic E-state index is -1.39. The van der Waals surface area contributed by atoms with Crippen molar-refractivity contribution >= 4 is 33.3 Å². The lowest BCUT2D eigenvalue weighted by atomic mass is 9.38. The van der Waals surface area contributed by atoms with Gasteiger partial charge in [-0.25, -0.2) is 4.98 Å². The maximum atomic E-state index is 15.3. The van der Waals surface area contributed by atoms with Gasteiger partial charge in [0.25, 0.3) is 0 Å². The maximum Gasteiger partial charge on any atom is 0.190 e. The van der Waals surface area contributed by atoms with Gasteiger partial charge in [0.2, 0.25) is 0 Å². The Bertz CT molecular complexity index is 2420. The van der Waals surface area contributed by atoms with Crippen molar-refractivity contribution in [2.24, 2.45) is 103 Å². The van der Waals surface area contributed by atoms with E-state index in [0.717, 1.165) is 56.3 Å². The van der Waals surface area contributed by atoms with Crippen LogP contribution in [0.2, 0.25) is 0 Å². The van der Waals surface area contributed by atoms with Gasteiger partial charge in [-0.2, -0.15) is 0 Å². The third kappa shape index (κ3) is 7.15. The van der Waals surface area contributed by atoms with E-state index < -0.39 is 52.8 Å². The number of carbonyl (C=O) groups is 1. The molecule has 9 N–H and O–H groups in total. The fourth-order valence-electron chi connectivity index (χ4n) is 21.3. The molecule has 0 radical (unpaired) electrons. The molecule has 0 amide bonds. The van der Waals surface area contributed by atoms with E-state index in [1.54, 1.807) is 29.2 Å². The first kappa shape index (κ1) is 50.6. The number of nitrogens with one attached hydrogen (secondary N) is 2. The standard InChI is InChI=1S/C58H86N6O6S2/c1-30(65)63-53(59)62-26-37-39-15-14-34-33-11-9-12-35-44(33)46-50(36-13-10-18-57(47(35)36)16-7-8-17-57)54(2,3)23-32(64-20-19-61-29-64)28-72-71-27-31-21-40(45(34)52(46)69)56(39,5)58(31,70)41-22-42(66)49-38(25-60-6)51(68)43(67)24-55(49,4)48(37)41/h19-20,22,29-34,37-40,43,45-49,51-52,60,65,67-70H,7-18,21,23-28H2,1-6H3,(H3,59,62,63). The second-order valence-electron chi connectivity index (χ2n) is 26.7. The first-order valence-corrected chi connectivity index (χ1v) is 31.0. The molecule has 14 heteroatoms. The number of guanidine groups is 1. The van der Waals surface area contributed by atoms with Gasteiger partial charge in [0.1, 0.15) is 6.23 Å². The summed E-state index contributed by atoms with van der Waals surface area (Å²) in [5.41, 5.74) is 11.2. The zero-order valence-corrected chi connectivity index (χ0v) is 45.6. The number of carbonyl (C=O) groups excluding carboxylic acids is 1. The number of allylic oxidation sites excluding steroid dienone is 3. The summed E-state index contributed by atoms with van der Waals surface area (Å²) in [5, 5.41) is 69.4. The van der Waals surface area contributed by atoms with E-state index in [4.69, 9.17) is 10.7 Å². The van der Waals surface area contributed by atoms with E-state index in [0.29, 0.717) is 36.1 Å². The number of ketones is 1. The first-order valence-electron chi connectivity index (χ1n) is 28.5. The molecule has 1 spiro atoms. The summed E-state index contributed by atoms with van der Waals surface area (Å²) in [4.78, 5) is 25.0. The van der Waals surface area contributed by atoms with Crippen LogP contribution >= 0.6 is 21.6 Å². The van der Waals surface area contributed by atoms with Gasteiger partial charge < -0.3 is 46.5 Å². The predicted octanol–water partition coefficient (Wildman–Crippen LogP) is 7.59. The SMILES string of the molecule is CNCC1C(O)C(O)CC2(C)C1C(=O)C=C1C2C(CN=C(N)NC(C)O)C2CCC3C4CCCC5=C4C4C(=C6CCCC7(CCCC7)C56)C(C)(C)CC(n5ccnc5)CSSCC5CC(C3C4O)C2(C)C15O. The Morgan fingerprint density at radius 1 is 0.944 bits per heavy atom. The lowest BCUT2D eigenvalue weighted by Gasteiger charge is -2.67. The molecule has 12 rings (SSSR count). The number of hydrogen-bond donors (Lipinski definition) is 8.